The van der Waals surface area contributed by atoms with Gasteiger partial charge in [0.05, 0.1) is 38.6 Å². The van der Waals surface area contributed by atoms with E-state index in [1.54, 1.807) is 0 Å². The van der Waals surface area contributed by atoms with Crippen molar-refractivity contribution in [2.45, 2.75) is 240 Å². The first-order valence-corrected chi connectivity index (χ1v) is 23.9. The fourth-order valence-corrected chi connectivity index (χ4v) is 8.25. The van der Waals surface area contributed by atoms with Gasteiger partial charge in [-0.25, -0.2) is 0 Å². The third-order valence-corrected chi connectivity index (χ3v) is 12.3. The van der Waals surface area contributed by atoms with Gasteiger partial charge in [-0.3, -0.25) is 4.79 Å². The lowest BCUT2D eigenvalue weighted by molar-refractivity contribution is -0.379. The molecule has 12 N–H and O–H groups in total. The van der Waals surface area contributed by atoms with Crippen molar-refractivity contribution in [3.8, 4) is 0 Å². The monoisotopic (exact) mass is 926 g/mol. The van der Waals surface area contributed by atoms with Gasteiger partial charge in [-0.15, -0.1) is 0 Å². The standard InChI is InChI=1S/C45H83NO18/c1-3-5-7-9-11-13-15-17-19-21-23-33(51)46-28(29(50)22-20-18-16-14-12-10-8-6-4-2)27-59-43-39(57)36(54)41(31(25-48)61-43)64-45-40(58)37(55)42(32(26-49)62-45)63-44-38(56)35(53)34(52)30(24-47)60-44/h7,9,28-32,34-45,47-50,52-58H,3-6,8,10-27H2,1-2H3,(H,46,51)/b9-7-. The maximum absolute atomic E-state index is 13.1. The number of carbonyl (C=O) groups excluding carboxylic acids is 1. The number of aliphatic hydroxyl groups excluding tert-OH is 11. The normalized spacial score (nSPS) is 34.5. The van der Waals surface area contributed by atoms with Crippen LogP contribution in [0.3, 0.4) is 0 Å². The predicted molar refractivity (Wildman–Crippen MR) is 231 cm³/mol. The molecular weight excluding hydrogens is 842 g/mol. The van der Waals surface area contributed by atoms with E-state index in [2.05, 4.69) is 31.3 Å². The number of hydrogen-bond acceptors (Lipinski definition) is 18. The molecule has 0 spiro atoms. The van der Waals surface area contributed by atoms with Crippen molar-refractivity contribution in [3.05, 3.63) is 12.2 Å². The number of nitrogens with one attached hydrogen (secondary N) is 1. The van der Waals surface area contributed by atoms with E-state index in [1.165, 1.54) is 32.1 Å². The van der Waals surface area contributed by atoms with Crippen LogP contribution in [-0.4, -0.2) is 193 Å². The van der Waals surface area contributed by atoms with E-state index in [9.17, 15) is 61.0 Å². The average molecular weight is 926 g/mol. The number of amides is 1. The third-order valence-electron chi connectivity index (χ3n) is 12.3. The van der Waals surface area contributed by atoms with Crippen molar-refractivity contribution in [1.29, 1.82) is 0 Å². The first kappa shape index (κ1) is 56.9. The molecule has 3 heterocycles. The van der Waals surface area contributed by atoms with Crippen LogP contribution in [0.1, 0.15) is 136 Å². The molecule has 17 unspecified atom stereocenters. The second-order valence-electron chi connectivity index (χ2n) is 17.6. The highest BCUT2D eigenvalue weighted by Crippen LogP contribution is 2.33. The van der Waals surface area contributed by atoms with Crippen LogP contribution < -0.4 is 5.32 Å². The van der Waals surface area contributed by atoms with Gasteiger partial charge in [-0.05, 0) is 32.1 Å². The molecule has 64 heavy (non-hydrogen) atoms. The van der Waals surface area contributed by atoms with Gasteiger partial charge in [0.2, 0.25) is 5.91 Å². The Kier molecular flexibility index (Phi) is 28.0. The Balaban J connectivity index is 1.58. The number of hydrogen-bond donors (Lipinski definition) is 12. The lowest BCUT2D eigenvalue weighted by atomic mass is 9.96. The number of aliphatic hydroxyl groups is 11. The van der Waals surface area contributed by atoms with Crippen molar-refractivity contribution in [2.24, 2.45) is 0 Å². The lowest BCUT2D eigenvalue weighted by Crippen LogP contribution is -2.66. The minimum absolute atomic E-state index is 0.256. The highest BCUT2D eigenvalue weighted by atomic mass is 16.8. The minimum Gasteiger partial charge on any atom is -0.394 e. The zero-order valence-electron chi connectivity index (χ0n) is 38.0. The Morgan fingerprint density at radius 3 is 1.58 bits per heavy atom. The SMILES string of the molecule is CCC/C=C\CCCCCCCC(=O)NC(COC1OC(CO)C(OC2OC(CO)C(OC3OC(CO)C(O)C(O)C3O)C(O)C2O)C(O)C1O)C(O)CCCCCCCCCCC. The molecule has 0 aliphatic carbocycles. The van der Waals surface area contributed by atoms with E-state index in [-0.39, 0.29) is 18.9 Å². The fraction of sp³-hybridized carbons (Fsp3) is 0.933. The molecule has 3 fully saturated rings. The Labute approximate surface area is 378 Å². The molecule has 0 aromatic carbocycles. The van der Waals surface area contributed by atoms with E-state index in [0.29, 0.717) is 12.8 Å². The highest BCUT2D eigenvalue weighted by Gasteiger charge is 2.53. The molecule has 3 saturated heterocycles. The zero-order chi connectivity index (χ0) is 47.0. The van der Waals surface area contributed by atoms with E-state index in [1.807, 2.05) is 0 Å². The molecule has 0 saturated carbocycles. The average Bonchev–Trinajstić information content (AvgIpc) is 3.29. The van der Waals surface area contributed by atoms with Gasteiger partial charge in [0.15, 0.2) is 18.9 Å². The van der Waals surface area contributed by atoms with E-state index >= 15 is 0 Å². The largest absolute Gasteiger partial charge is 0.394 e. The van der Waals surface area contributed by atoms with Gasteiger partial charge >= 0.3 is 0 Å². The first-order valence-electron chi connectivity index (χ1n) is 23.9. The van der Waals surface area contributed by atoms with Crippen LogP contribution in [0, 0.1) is 0 Å². The number of allylic oxidation sites excluding steroid dienone is 2. The first-order chi connectivity index (χ1) is 30.8. The Bertz CT molecular complexity index is 1250. The summed E-state index contributed by atoms with van der Waals surface area (Å²) >= 11 is 0. The van der Waals surface area contributed by atoms with Crippen LogP contribution in [-0.2, 0) is 33.2 Å². The second kappa shape index (κ2) is 31.6. The molecule has 19 nitrogen and oxygen atoms in total. The summed E-state index contributed by atoms with van der Waals surface area (Å²) in [6, 6.07) is -0.883. The molecule has 0 radical (unpaired) electrons. The summed E-state index contributed by atoms with van der Waals surface area (Å²) in [7, 11) is 0. The summed E-state index contributed by atoms with van der Waals surface area (Å²) in [5, 5.41) is 119. The summed E-state index contributed by atoms with van der Waals surface area (Å²) in [6.45, 7) is 1.63. The molecule has 3 aliphatic heterocycles. The maximum Gasteiger partial charge on any atom is 0.220 e. The van der Waals surface area contributed by atoms with Gasteiger partial charge in [0.25, 0.3) is 0 Å². The van der Waals surface area contributed by atoms with Crippen molar-refractivity contribution < 1.29 is 89.4 Å². The predicted octanol–water partition coefficient (Wildman–Crippen LogP) is 0.305. The van der Waals surface area contributed by atoms with Gasteiger partial charge in [-0.2, -0.15) is 0 Å². The molecule has 1 amide bonds. The molecule has 19 heteroatoms. The Hall–Kier alpha value is -1.47. The number of ether oxygens (including phenoxy) is 6. The Morgan fingerprint density at radius 2 is 1.02 bits per heavy atom. The van der Waals surface area contributed by atoms with Gasteiger partial charge in [0.1, 0.15) is 73.2 Å². The van der Waals surface area contributed by atoms with E-state index < -0.39 is 124 Å². The maximum atomic E-state index is 13.1. The highest BCUT2D eigenvalue weighted by molar-refractivity contribution is 5.76. The molecular formula is C45H83NO18. The van der Waals surface area contributed by atoms with Gasteiger partial charge in [0, 0.05) is 6.42 Å². The van der Waals surface area contributed by atoms with Crippen LogP contribution in [0.25, 0.3) is 0 Å². The quantitative estimate of drug-likeness (QED) is 0.0319. The second-order valence-corrected chi connectivity index (χ2v) is 17.6. The summed E-state index contributed by atoms with van der Waals surface area (Å²) in [5.74, 6) is -0.260. The van der Waals surface area contributed by atoms with Crippen molar-refractivity contribution >= 4 is 5.91 Å². The third kappa shape index (κ3) is 18.2. The molecule has 0 aromatic heterocycles. The smallest absolute Gasteiger partial charge is 0.220 e. The fourth-order valence-electron chi connectivity index (χ4n) is 8.25. The zero-order valence-corrected chi connectivity index (χ0v) is 38.0. The molecule has 376 valence electrons. The summed E-state index contributed by atoms with van der Waals surface area (Å²) < 4.78 is 34.0. The van der Waals surface area contributed by atoms with Crippen molar-refractivity contribution in [3.63, 3.8) is 0 Å². The van der Waals surface area contributed by atoms with Crippen LogP contribution in [0.5, 0.6) is 0 Å². The Morgan fingerprint density at radius 1 is 0.547 bits per heavy atom. The topological polar surface area (TPSA) is 307 Å². The number of carbonyl (C=O) groups is 1. The number of rotatable bonds is 32. The summed E-state index contributed by atoms with van der Waals surface area (Å²) in [5.41, 5.74) is 0. The molecule has 0 aromatic rings. The van der Waals surface area contributed by atoms with Crippen LogP contribution in [0.4, 0.5) is 0 Å². The van der Waals surface area contributed by atoms with Crippen molar-refractivity contribution in [2.75, 3.05) is 26.4 Å². The molecule has 17 atom stereocenters. The van der Waals surface area contributed by atoms with Gasteiger partial charge < -0.3 is 89.9 Å². The summed E-state index contributed by atoms with van der Waals surface area (Å²) in [6.07, 6.45) is -3.56. The molecule has 3 rings (SSSR count). The van der Waals surface area contributed by atoms with Crippen molar-refractivity contribution in [1.82, 2.24) is 5.32 Å². The van der Waals surface area contributed by atoms with Crippen LogP contribution in [0.15, 0.2) is 12.2 Å². The van der Waals surface area contributed by atoms with Crippen LogP contribution >= 0.6 is 0 Å². The molecule has 0 bridgehead atoms. The molecule has 3 aliphatic rings. The van der Waals surface area contributed by atoms with Crippen LogP contribution in [0.2, 0.25) is 0 Å². The van der Waals surface area contributed by atoms with Gasteiger partial charge in [-0.1, -0.05) is 109 Å². The lowest BCUT2D eigenvalue weighted by Gasteiger charge is -2.48. The minimum atomic E-state index is -1.97. The van der Waals surface area contributed by atoms with E-state index in [4.69, 9.17) is 28.4 Å². The number of unbranched alkanes of at least 4 members (excludes halogenated alkanes) is 14. The summed E-state index contributed by atoms with van der Waals surface area (Å²) in [4.78, 5) is 13.1. The van der Waals surface area contributed by atoms with E-state index in [0.717, 1.165) is 70.6 Å².